The largest absolute Gasteiger partial charge is 0.416 e. The van der Waals surface area contributed by atoms with Crippen LogP contribution in [-0.2, 0) is 12.4 Å². The van der Waals surface area contributed by atoms with Crippen LogP contribution in [0.3, 0.4) is 0 Å². The van der Waals surface area contributed by atoms with E-state index in [4.69, 9.17) is 19.9 Å². The van der Waals surface area contributed by atoms with Gasteiger partial charge in [0.2, 0.25) is 0 Å². The number of nitrogens with zero attached hydrogens (tertiary/aromatic N) is 5. The number of hydrogen-bond acceptors (Lipinski definition) is 4. The van der Waals surface area contributed by atoms with Crippen LogP contribution in [0.5, 0.6) is 0 Å². The predicted molar refractivity (Wildman–Crippen MR) is 235 cm³/mol. The normalized spacial score (nSPS) is 12.0. The highest BCUT2D eigenvalue weighted by molar-refractivity contribution is 6.10. The Labute approximate surface area is 356 Å². The minimum atomic E-state index is -4.74. The molecule has 306 valence electrons. The number of halogens is 6. The Hall–Kier alpha value is -7.92. The van der Waals surface area contributed by atoms with Gasteiger partial charge >= 0.3 is 12.4 Å². The van der Waals surface area contributed by atoms with Crippen LogP contribution in [0.15, 0.2) is 188 Å². The second-order valence-electron chi connectivity index (χ2n) is 14.9. The molecule has 3 heterocycles. The molecule has 7 aromatic carbocycles. The van der Waals surface area contributed by atoms with Crippen molar-refractivity contribution in [2.45, 2.75) is 12.4 Å². The third-order valence-electron chi connectivity index (χ3n) is 10.9. The van der Waals surface area contributed by atoms with Crippen molar-refractivity contribution in [3.63, 3.8) is 0 Å². The SMILES string of the molecule is FC(F)(F)c1ccc2c3ccc(C(F)(F)F)cc3n(-c3ccc(-c4nc(-c5ccccc5)cc(-c5ccccc5)n4)cc3-c3nc(-c4ccccc4)cc(-c4ccccc4)n3)c2c1. The van der Waals surface area contributed by atoms with Gasteiger partial charge in [-0.2, -0.15) is 26.3 Å². The van der Waals surface area contributed by atoms with E-state index < -0.39 is 23.5 Å². The van der Waals surface area contributed by atoms with Gasteiger partial charge in [0.25, 0.3) is 0 Å². The van der Waals surface area contributed by atoms with E-state index in [0.29, 0.717) is 50.5 Å². The lowest BCUT2D eigenvalue weighted by Crippen LogP contribution is -2.07. The lowest BCUT2D eigenvalue weighted by molar-refractivity contribution is -0.138. The van der Waals surface area contributed by atoms with Crippen LogP contribution in [0, 0.1) is 0 Å². The van der Waals surface area contributed by atoms with E-state index in [0.717, 1.165) is 46.5 Å². The van der Waals surface area contributed by atoms with E-state index in [1.165, 1.54) is 16.7 Å². The number of rotatable bonds is 7. The van der Waals surface area contributed by atoms with Gasteiger partial charge < -0.3 is 4.57 Å². The summed E-state index contributed by atoms with van der Waals surface area (Å²) in [4.78, 5) is 20.2. The first-order chi connectivity index (χ1) is 30.5. The summed E-state index contributed by atoms with van der Waals surface area (Å²) in [6.07, 6.45) is -9.48. The summed E-state index contributed by atoms with van der Waals surface area (Å²) in [7, 11) is 0. The van der Waals surface area contributed by atoms with E-state index in [1.54, 1.807) is 18.2 Å². The summed E-state index contributed by atoms with van der Waals surface area (Å²) in [5, 5.41) is 0.661. The molecule has 0 aliphatic heterocycles. The van der Waals surface area contributed by atoms with Gasteiger partial charge in [-0.1, -0.05) is 133 Å². The molecule has 0 N–H and O–H groups in total. The van der Waals surface area contributed by atoms with E-state index in [1.807, 2.05) is 133 Å². The highest BCUT2D eigenvalue weighted by Gasteiger charge is 2.34. The Kier molecular flexibility index (Phi) is 9.67. The molecule has 0 aliphatic rings. The molecule has 0 fully saturated rings. The molecule has 10 aromatic rings. The molecular weight excluding hydrogens is 809 g/mol. The second kappa shape index (κ2) is 15.5. The van der Waals surface area contributed by atoms with Gasteiger partial charge in [0.1, 0.15) is 0 Å². The lowest BCUT2D eigenvalue weighted by Gasteiger charge is -2.17. The molecule has 0 bridgehead atoms. The van der Waals surface area contributed by atoms with Crippen molar-refractivity contribution >= 4 is 21.8 Å². The zero-order chi connectivity index (χ0) is 43.3. The smallest absolute Gasteiger partial charge is 0.308 e. The number of benzene rings is 7. The standard InChI is InChI=1S/C52H31F6N5/c53-51(54,55)37-22-24-39-40-25-23-38(52(56,57)58)29-48(40)63(47(39)28-37)46-26-21-36(49-59-42(32-13-5-1-6-14-32)30-43(60-49)33-15-7-2-8-16-33)27-41(46)50-61-44(34-17-9-3-10-18-34)31-45(62-50)35-19-11-4-12-20-35/h1-31H. The van der Waals surface area contributed by atoms with Crippen LogP contribution in [0.25, 0.3) is 95.3 Å². The average Bonchev–Trinajstić information content (AvgIpc) is 3.64. The van der Waals surface area contributed by atoms with Gasteiger partial charge in [-0.3, -0.25) is 0 Å². The van der Waals surface area contributed by atoms with E-state index in [-0.39, 0.29) is 22.5 Å². The van der Waals surface area contributed by atoms with Gasteiger partial charge in [-0.25, -0.2) is 19.9 Å². The quantitative estimate of drug-likeness (QED) is 0.150. The molecule has 0 spiro atoms. The molecule has 11 heteroatoms. The highest BCUT2D eigenvalue weighted by atomic mass is 19.4. The predicted octanol–water partition coefficient (Wildman–Crippen LogP) is 14.4. The van der Waals surface area contributed by atoms with E-state index >= 15 is 0 Å². The fraction of sp³-hybridized carbons (Fsp3) is 0.0385. The number of aromatic nitrogens is 5. The third-order valence-corrected chi connectivity index (χ3v) is 10.9. The topological polar surface area (TPSA) is 56.5 Å². The van der Waals surface area contributed by atoms with Crippen LogP contribution >= 0.6 is 0 Å². The summed E-state index contributed by atoms with van der Waals surface area (Å²) in [6.45, 7) is 0. The zero-order valence-electron chi connectivity index (χ0n) is 32.9. The van der Waals surface area contributed by atoms with Crippen LogP contribution < -0.4 is 0 Å². The molecule has 0 saturated carbocycles. The lowest BCUT2D eigenvalue weighted by atomic mass is 10.0. The van der Waals surface area contributed by atoms with Crippen LogP contribution in [0.4, 0.5) is 26.3 Å². The molecule has 0 atom stereocenters. The van der Waals surface area contributed by atoms with Crippen LogP contribution in [0.1, 0.15) is 11.1 Å². The Morgan fingerprint density at radius 1 is 0.333 bits per heavy atom. The fourth-order valence-corrected chi connectivity index (χ4v) is 7.85. The molecule has 0 unspecified atom stereocenters. The minimum absolute atomic E-state index is 0.0457. The summed E-state index contributed by atoms with van der Waals surface area (Å²) in [5.74, 6) is 0.495. The molecule has 0 amide bonds. The molecule has 10 rings (SSSR count). The minimum Gasteiger partial charge on any atom is -0.308 e. The first-order valence-electron chi connectivity index (χ1n) is 19.9. The molecule has 5 nitrogen and oxygen atoms in total. The summed E-state index contributed by atoms with van der Waals surface area (Å²) in [5.41, 5.74) is 4.82. The number of alkyl halides is 6. The van der Waals surface area contributed by atoms with Crippen LogP contribution in [0.2, 0.25) is 0 Å². The van der Waals surface area contributed by atoms with Crippen molar-refractivity contribution in [2.75, 3.05) is 0 Å². The van der Waals surface area contributed by atoms with Gasteiger partial charge in [-0.05, 0) is 54.6 Å². The first kappa shape index (κ1) is 39.2. The highest BCUT2D eigenvalue weighted by Crippen LogP contribution is 2.42. The number of fused-ring (bicyclic) bond motifs is 3. The molecule has 3 aromatic heterocycles. The summed E-state index contributed by atoms with van der Waals surface area (Å²) in [6, 6.07) is 53.4. The monoisotopic (exact) mass is 839 g/mol. The first-order valence-corrected chi connectivity index (χ1v) is 19.9. The van der Waals surface area contributed by atoms with Crippen molar-refractivity contribution in [2.24, 2.45) is 0 Å². The van der Waals surface area contributed by atoms with Crippen molar-refractivity contribution < 1.29 is 26.3 Å². The van der Waals surface area contributed by atoms with Gasteiger partial charge in [0.05, 0.1) is 50.6 Å². The van der Waals surface area contributed by atoms with Gasteiger partial charge in [0.15, 0.2) is 11.6 Å². The summed E-state index contributed by atoms with van der Waals surface area (Å²) >= 11 is 0. The Bertz CT molecular complexity index is 3110. The van der Waals surface area contributed by atoms with E-state index in [2.05, 4.69) is 0 Å². The maximum absolute atomic E-state index is 14.4. The molecule has 0 radical (unpaired) electrons. The zero-order valence-corrected chi connectivity index (χ0v) is 32.9. The number of hydrogen-bond donors (Lipinski definition) is 0. The molecule has 63 heavy (non-hydrogen) atoms. The molecular formula is C52H31F6N5. The van der Waals surface area contributed by atoms with Crippen molar-refractivity contribution in [3.8, 4) is 73.5 Å². The Morgan fingerprint density at radius 2 is 0.698 bits per heavy atom. The van der Waals surface area contributed by atoms with Crippen molar-refractivity contribution in [1.29, 1.82) is 0 Å². The maximum atomic E-state index is 14.4. The Balaban J connectivity index is 1.31. The maximum Gasteiger partial charge on any atom is 0.416 e. The van der Waals surface area contributed by atoms with Gasteiger partial charge in [0, 0.05) is 44.2 Å². The second-order valence-corrected chi connectivity index (χ2v) is 14.9. The van der Waals surface area contributed by atoms with Crippen molar-refractivity contribution in [1.82, 2.24) is 24.5 Å². The van der Waals surface area contributed by atoms with Crippen LogP contribution in [-0.4, -0.2) is 24.5 Å². The fourth-order valence-electron chi connectivity index (χ4n) is 7.85. The average molecular weight is 840 g/mol. The van der Waals surface area contributed by atoms with E-state index in [9.17, 15) is 26.3 Å². The molecule has 0 aliphatic carbocycles. The third kappa shape index (κ3) is 7.58. The summed E-state index contributed by atoms with van der Waals surface area (Å²) < 4.78 is 88.1. The van der Waals surface area contributed by atoms with Gasteiger partial charge in [-0.15, -0.1) is 0 Å². The Morgan fingerprint density at radius 3 is 1.06 bits per heavy atom. The molecule has 0 saturated heterocycles. The van der Waals surface area contributed by atoms with Crippen molar-refractivity contribution in [3.05, 3.63) is 199 Å².